The van der Waals surface area contributed by atoms with Crippen LogP contribution >= 0.6 is 24.0 Å². The van der Waals surface area contributed by atoms with E-state index in [1.807, 2.05) is 0 Å². The fraction of sp³-hybridized carbons (Fsp3) is 0.632. The number of halogens is 1. The molecule has 24 heavy (non-hydrogen) atoms. The molecule has 5 heteroatoms. The largest absolute Gasteiger partial charge is 0.379 e. The average molecular weight is 445 g/mol. The van der Waals surface area contributed by atoms with Crippen LogP contribution in [0.15, 0.2) is 35.3 Å². The zero-order valence-corrected chi connectivity index (χ0v) is 17.8. The summed E-state index contributed by atoms with van der Waals surface area (Å²) in [4.78, 5) is 4.73. The molecule has 1 saturated carbocycles. The van der Waals surface area contributed by atoms with Gasteiger partial charge in [-0.25, -0.2) is 0 Å². The van der Waals surface area contributed by atoms with Crippen LogP contribution < -0.4 is 10.6 Å². The van der Waals surface area contributed by atoms with Crippen LogP contribution in [-0.4, -0.2) is 38.3 Å². The first-order valence-corrected chi connectivity index (χ1v) is 8.58. The lowest BCUT2D eigenvalue weighted by Gasteiger charge is -2.28. The number of hydrogen-bond acceptors (Lipinski definition) is 2. The molecular formula is C19H32IN3O. The van der Waals surface area contributed by atoms with Gasteiger partial charge in [-0.05, 0) is 24.3 Å². The number of nitrogens with one attached hydrogen (secondary N) is 2. The van der Waals surface area contributed by atoms with Gasteiger partial charge in [-0.1, -0.05) is 51.1 Å². The maximum atomic E-state index is 5.59. The normalized spacial score (nSPS) is 21.6. The van der Waals surface area contributed by atoms with Crippen molar-refractivity contribution in [3.05, 3.63) is 35.9 Å². The van der Waals surface area contributed by atoms with Gasteiger partial charge in [-0.2, -0.15) is 0 Å². The van der Waals surface area contributed by atoms with Crippen molar-refractivity contribution in [2.75, 3.05) is 20.2 Å². The van der Waals surface area contributed by atoms with Gasteiger partial charge in [0.1, 0.15) is 0 Å². The van der Waals surface area contributed by atoms with Crippen LogP contribution in [0.4, 0.5) is 0 Å². The van der Waals surface area contributed by atoms with Crippen LogP contribution in [0.3, 0.4) is 0 Å². The monoisotopic (exact) mass is 445 g/mol. The predicted octanol–water partition coefficient (Wildman–Crippen LogP) is 3.78. The third-order valence-corrected chi connectivity index (χ3v) is 4.35. The fourth-order valence-corrected chi connectivity index (χ4v) is 2.79. The van der Waals surface area contributed by atoms with Crippen molar-refractivity contribution in [2.45, 2.75) is 52.2 Å². The highest BCUT2D eigenvalue weighted by Crippen LogP contribution is 2.40. The third kappa shape index (κ3) is 6.24. The molecular weight excluding hydrogens is 413 g/mol. The van der Waals surface area contributed by atoms with Crippen LogP contribution in [0.1, 0.15) is 45.6 Å². The molecule has 2 N–H and O–H groups in total. The van der Waals surface area contributed by atoms with Gasteiger partial charge in [0.15, 0.2) is 5.96 Å². The molecule has 1 fully saturated rings. The van der Waals surface area contributed by atoms with Gasteiger partial charge in [0.2, 0.25) is 0 Å². The van der Waals surface area contributed by atoms with E-state index < -0.39 is 0 Å². The predicted molar refractivity (Wildman–Crippen MR) is 112 cm³/mol. The van der Waals surface area contributed by atoms with Crippen LogP contribution in [0.2, 0.25) is 0 Å². The summed E-state index contributed by atoms with van der Waals surface area (Å²) in [5, 5.41) is 6.89. The van der Waals surface area contributed by atoms with Crippen molar-refractivity contribution in [3.63, 3.8) is 0 Å². The Morgan fingerprint density at radius 2 is 1.96 bits per heavy atom. The molecule has 1 aromatic carbocycles. The fourth-order valence-electron chi connectivity index (χ4n) is 2.79. The van der Waals surface area contributed by atoms with E-state index >= 15 is 0 Å². The molecule has 0 radical (unpaired) electrons. The molecule has 3 atom stereocenters. The maximum absolute atomic E-state index is 5.59. The summed E-state index contributed by atoms with van der Waals surface area (Å²) >= 11 is 0. The Labute approximate surface area is 163 Å². The van der Waals surface area contributed by atoms with E-state index in [0.29, 0.717) is 18.5 Å². The molecule has 0 bridgehead atoms. The molecule has 4 nitrogen and oxygen atoms in total. The summed E-state index contributed by atoms with van der Waals surface area (Å²) in [6, 6.07) is 11.2. The van der Waals surface area contributed by atoms with Crippen molar-refractivity contribution in [2.24, 2.45) is 10.4 Å². The topological polar surface area (TPSA) is 45.7 Å². The second kappa shape index (κ2) is 9.61. The van der Waals surface area contributed by atoms with Crippen LogP contribution in [-0.2, 0) is 4.74 Å². The second-order valence-electron chi connectivity index (χ2n) is 7.31. The summed E-state index contributed by atoms with van der Waals surface area (Å²) in [5.74, 6) is 1.49. The van der Waals surface area contributed by atoms with Crippen LogP contribution in [0.5, 0.6) is 0 Å². The van der Waals surface area contributed by atoms with Crippen molar-refractivity contribution in [1.29, 1.82) is 0 Å². The molecule has 0 spiro atoms. The first kappa shape index (κ1) is 21.2. The maximum Gasteiger partial charge on any atom is 0.191 e. The molecule has 0 saturated heterocycles. The molecule has 3 unspecified atom stereocenters. The molecule has 0 aliphatic heterocycles. The summed E-state index contributed by atoms with van der Waals surface area (Å²) in [5.41, 5.74) is 1.49. The highest BCUT2D eigenvalue weighted by molar-refractivity contribution is 14.0. The minimum atomic E-state index is 0. The van der Waals surface area contributed by atoms with Gasteiger partial charge >= 0.3 is 0 Å². The zero-order valence-electron chi connectivity index (χ0n) is 15.5. The Morgan fingerprint density at radius 1 is 1.29 bits per heavy atom. The average Bonchev–Trinajstić information content (AvgIpc) is 3.27. The van der Waals surface area contributed by atoms with E-state index in [4.69, 9.17) is 9.73 Å². The van der Waals surface area contributed by atoms with Gasteiger partial charge in [0.05, 0.1) is 12.6 Å². The summed E-state index contributed by atoms with van der Waals surface area (Å²) in [6.07, 6.45) is 1.28. The minimum Gasteiger partial charge on any atom is -0.379 e. The highest BCUT2D eigenvalue weighted by atomic mass is 127. The lowest BCUT2D eigenvalue weighted by atomic mass is 9.89. The van der Waals surface area contributed by atoms with Crippen LogP contribution in [0.25, 0.3) is 0 Å². The van der Waals surface area contributed by atoms with Gasteiger partial charge in [-0.3, -0.25) is 4.99 Å². The Hall–Kier alpha value is -0.820. The van der Waals surface area contributed by atoms with E-state index in [1.54, 1.807) is 7.11 Å². The molecule has 1 aromatic rings. The number of aliphatic imine (C=N–C) groups is 1. The smallest absolute Gasteiger partial charge is 0.191 e. The number of benzene rings is 1. The first-order chi connectivity index (χ1) is 11.0. The number of ether oxygens (including phenoxy) is 1. The molecule has 0 heterocycles. The lowest BCUT2D eigenvalue weighted by Crippen LogP contribution is -2.40. The number of guanidine groups is 1. The SMILES string of the molecule is CCNC(=NCC(OC)C(C)(C)C)NC1CC1c1ccccc1.I. The zero-order chi connectivity index (χ0) is 16.9. The van der Waals surface area contributed by atoms with Crippen molar-refractivity contribution in [3.8, 4) is 0 Å². The molecule has 1 aliphatic rings. The van der Waals surface area contributed by atoms with Gasteiger partial charge in [0, 0.05) is 25.6 Å². The van der Waals surface area contributed by atoms with E-state index in [2.05, 4.69) is 68.7 Å². The van der Waals surface area contributed by atoms with Gasteiger partial charge in [0.25, 0.3) is 0 Å². The quantitative estimate of drug-likeness (QED) is 0.398. The van der Waals surface area contributed by atoms with Gasteiger partial charge < -0.3 is 15.4 Å². The summed E-state index contributed by atoms with van der Waals surface area (Å²) in [7, 11) is 1.76. The number of rotatable bonds is 6. The first-order valence-electron chi connectivity index (χ1n) is 8.58. The summed E-state index contributed by atoms with van der Waals surface area (Å²) in [6.45, 7) is 10.2. The molecule has 0 amide bonds. The Balaban J connectivity index is 0.00000288. The molecule has 1 aliphatic carbocycles. The van der Waals surface area contributed by atoms with E-state index in [9.17, 15) is 0 Å². The number of hydrogen-bond donors (Lipinski definition) is 2. The molecule has 0 aromatic heterocycles. The number of methoxy groups -OCH3 is 1. The van der Waals surface area contributed by atoms with Crippen molar-refractivity contribution < 1.29 is 4.74 Å². The standard InChI is InChI=1S/C19H31N3O.HI/c1-6-20-18(21-13-17(23-5)19(2,3)4)22-16-12-15(16)14-10-8-7-9-11-14;/h7-11,15-17H,6,12-13H2,1-5H3,(H2,20,21,22);1H. The Bertz CT molecular complexity index is 513. The van der Waals surface area contributed by atoms with Crippen molar-refractivity contribution >= 4 is 29.9 Å². The second-order valence-corrected chi connectivity index (χ2v) is 7.31. The highest BCUT2D eigenvalue weighted by Gasteiger charge is 2.38. The van der Waals surface area contributed by atoms with Gasteiger partial charge in [-0.15, -0.1) is 24.0 Å². The van der Waals surface area contributed by atoms with Crippen LogP contribution in [0, 0.1) is 5.41 Å². The minimum absolute atomic E-state index is 0. The molecule has 136 valence electrons. The lowest BCUT2D eigenvalue weighted by molar-refractivity contribution is 0.0241. The number of nitrogens with zero attached hydrogens (tertiary/aromatic N) is 1. The Morgan fingerprint density at radius 3 is 2.50 bits per heavy atom. The summed E-state index contributed by atoms with van der Waals surface area (Å²) < 4.78 is 5.59. The third-order valence-electron chi connectivity index (χ3n) is 4.35. The molecule has 2 rings (SSSR count). The van der Waals surface area contributed by atoms with E-state index in [-0.39, 0.29) is 35.5 Å². The van der Waals surface area contributed by atoms with E-state index in [1.165, 1.54) is 12.0 Å². The van der Waals surface area contributed by atoms with E-state index in [0.717, 1.165) is 12.5 Å². The Kier molecular flexibility index (Phi) is 8.50. The van der Waals surface area contributed by atoms with Crippen molar-refractivity contribution in [1.82, 2.24) is 10.6 Å².